The number of aromatic hydroxyl groups is 2. The molecule has 0 aliphatic carbocycles. The Kier molecular flexibility index (Phi) is 3.88. The largest absolute Gasteiger partial charge is 0.508 e. The fraction of sp³-hybridized carbons (Fsp3) is 0.188. The maximum Gasteiger partial charge on any atom is 0.118 e. The second-order valence-corrected chi connectivity index (χ2v) is 4.57. The zero-order valence-corrected chi connectivity index (χ0v) is 10.4. The van der Waals surface area contributed by atoms with Crippen LogP contribution in [0.5, 0.6) is 11.5 Å². The molecule has 2 N–H and O–H groups in total. The third-order valence-corrected chi connectivity index (χ3v) is 2.97. The highest BCUT2D eigenvalue weighted by molar-refractivity contribution is 5.37. The summed E-state index contributed by atoms with van der Waals surface area (Å²) in [6.07, 6.45) is 1.45. The van der Waals surface area contributed by atoms with E-state index in [0.717, 1.165) is 24.0 Å². The number of benzene rings is 2. The molecule has 0 aliphatic heterocycles. The highest BCUT2D eigenvalue weighted by atomic mass is 16.3. The first-order chi connectivity index (χ1) is 8.66. The van der Waals surface area contributed by atoms with Gasteiger partial charge < -0.3 is 10.2 Å². The van der Waals surface area contributed by atoms with Crippen molar-refractivity contribution >= 4 is 0 Å². The SMILES string of the molecule is C[C](Cc1ccccc1O)Cc1ccccc1O. The molecule has 0 saturated heterocycles. The van der Waals surface area contributed by atoms with Crippen LogP contribution >= 0.6 is 0 Å². The number of hydrogen-bond acceptors (Lipinski definition) is 2. The quantitative estimate of drug-likeness (QED) is 0.860. The molecule has 0 heterocycles. The molecule has 0 aliphatic rings. The average Bonchev–Trinajstić information content (AvgIpc) is 2.35. The monoisotopic (exact) mass is 241 g/mol. The summed E-state index contributed by atoms with van der Waals surface area (Å²) in [5.74, 6) is 1.86. The lowest BCUT2D eigenvalue weighted by molar-refractivity contribution is 0.465. The van der Waals surface area contributed by atoms with Crippen LogP contribution in [0.4, 0.5) is 0 Å². The van der Waals surface area contributed by atoms with E-state index in [4.69, 9.17) is 0 Å². The lowest BCUT2D eigenvalue weighted by Crippen LogP contribution is -2.02. The van der Waals surface area contributed by atoms with E-state index < -0.39 is 0 Å². The third kappa shape index (κ3) is 3.04. The molecule has 0 saturated carbocycles. The van der Waals surface area contributed by atoms with Crippen molar-refractivity contribution in [1.29, 1.82) is 0 Å². The summed E-state index contributed by atoms with van der Waals surface area (Å²) >= 11 is 0. The van der Waals surface area contributed by atoms with E-state index in [2.05, 4.69) is 0 Å². The Morgan fingerprint density at radius 3 is 1.56 bits per heavy atom. The number of para-hydroxylation sites is 2. The van der Waals surface area contributed by atoms with Crippen molar-refractivity contribution in [2.45, 2.75) is 19.8 Å². The molecule has 18 heavy (non-hydrogen) atoms. The molecule has 0 spiro atoms. The van der Waals surface area contributed by atoms with Crippen molar-refractivity contribution in [1.82, 2.24) is 0 Å². The standard InChI is InChI=1S/C16H17O2/c1-12(10-13-6-2-4-8-15(13)17)11-14-7-3-5-9-16(14)18/h2-9,17-18H,10-11H2,1H3. The van der Waals surface area contributed by atoms with E-state index in [1.54, 1.807) is 12.1 Å². The van der Waals surface area contributed by atoms with Gasteiger partial charge in [0.25, 0.3) is 0 Å². The Hall–Kier alpha value is -1.96. The van der Waals surface area contributed by atoms with Crippen LogP contribution in [0.25, 0.3) is 0 Å². The van der Waals surface area contributed by atoms with E-state index in [-0.39, 0.29) is 0 Å². The minimum Gasteiger partial charge on any atom is -0.508 e. The van der Waals surface area contributed by atoms with Crippen LogP contribution in [0.3, 0.4) is 0 Å². The van der Waals surface area contributed by atoms with E-state index in [1.807, 2.05) is 43.3 Å². The molecule has 1 radical (unpaired) electrons. The van der Waals surface area contributed by atoms with Crippen LogP contribution in [0.1, 0.15) is 18.1 Å². The molecule has 2 heteroatoms. The molecular weight excluding hydrogens is 224 g/mol. The van der Waals surface area contributed by atoms with Crippen molar-refractivity contribution in [3.8, 4) is 11.5 Å². The Bertz CT molecular complexity index is 473. The number of phenolic OH excluding ortho intramolecular Hbond substituents is 2. The molecule has 0 bridgehead atoms. The highest BCUT2D eigenvalue weighted by Crippen LogP contribution is 2.25. The van der Waals surface area contributed by atoms with Crippen molar-refractivity contribution in [2.24, 2.45) is 0 Å². The van der Waals surface area contributed by atoms with Gasteiger partial charge in [0.1, 0.15) is 11.5 Å². The smallest absolute Gasteiger partial charge is 0.118 e. The summed E-state index contributed by atoms with van der Waals surface area (Å²) in [7, 11) is 0. The molecule has 2 aromatic rings. The zero-order chi connectivity index (χ0) is 13.0. The summed E-state index contributed by atoms with van der Waals surface area (Å²) in [5.41, 5.74) is 1.84. The Morgan fingerprint density at radius 2 is 1.17 bits per heavy atom. The first-order valence-corrected chi connectivity index (χ1v) is 6.02. The molecule has 0 fully saturated rings. The fourth-order valence-electron chi connectivity index (χ4n) is 2.03. The molecule has 0 unspecified atom stereocenters. The summed E-state index contributed by atoms with van der Waals surface area (Å²) in [6.45, 7) is 2.04. The van der Waals surface area contributed by atoms with Crippen LogP contribution in [0, 0.1) is 5.92 Å². The lowest BCUT2D eigenvalue weighted by Gasteiger charge is -2.13. The third-order valence-electron chi connectivity index (χ3n) is 2.97. The van der Waals surface area contributed by atoms with Gasteiger partial charge >= 0.3 is 0 Å². The minimum absolute atomic E-state index is 0.328. The first kappa shape index (κ1) is 12.5. The molecule has 0 atom stereocenters. The van der Waals surface area contributed by atoms with Gasteiger partial charge in [0.05, 0.1) is 0 Å². The second-order valence-electron chi connectivity index (χ2n) is 4.57. The van der Waals surface area contributed by atoms with Gasteiger partial charge in [-0.25, -0.2) is 0 Å². The molecule has 2 nitrogen and oxygen atoms in total. The van der Waals surface area contributed by atoms with Crippen molar-refractivity contribution in [2.75, 3.05) is 0 Å². The number of rotatable bonds is 4. The fourth-order valence-corrected chi connectivity index (χ4v) is 2.03. The van der Waals surface area contributed by atoms with Crippen molar-refractivity contribution < 1.29 is 10.2 Å². The topological polar surface area (TPSA) is 40.5 Å². The van der Waals surface area contributed by atoms with Crippen molar-refractivity contribution in [3.63, 3.8) is 0 Å². The van der Waals surface area contributed by atoms with Crippen LogP contribution in [-0.2, 0) is 12.8 Å². The van der Waals surface area contributed by atoms with Gasteiger partial charge in [-0.15, -0.1) is 0 Å². The Balaban J connectivity index is 2.04. The minimum atomic E-state index is 0.328. The van der Waals surface area contributed by atoms with Crippen LogP contribution in [-0.4, -0.2) is 10.2 Å². The maximum atomic E-state index is 9.72. The maximum absolute atomic E-state index is 9.72. The van der Waals surface area contributed by atoms with Gasteiger partial charge in [0.15, 0.2) is 0 Å². The molecule has 0 amide bonds. The van der Waals surface area contributed by atoms with E-state index in [9.17, 15) is 10.2 Å². The van der Waals surface area contributed by atoms with E-state index in [0.29, 0.717) is 11.5 Å². The van der Waals surface area contributed by atoms with E-state index in [1.165, 1.54) is 5.92 Å². The highest BCUT2D eigenvalue weighted by Gasteiger charge is 2.10. The molecule has 2 rings (SSSR count). The van der Waals surface area contributed by atoms with Gasteiger partial charge in [0.2, 0.25) is 0 Å². The normalized spacial score (nSPS) is 10.8. The molecule has 93 valence electrons. The molecular formula is C16H17O2. The van der Waals surface area contributed by atoms with Crippen LogP contribution in [0.15, 0.2) is 48.5 Å². The predicted octanol–water partition coefficient (Wildman–Crippen LogP) is 3.48. The summed E-state index contributed by atoms with van der Waals surface area (Å²) in [6, 6.07) is 14.7. The number of phenols is 2. The van der Waals surface area contributed by atoms with E-state index >= 15 is 0 Å². The lowest BCUT2D eigenvalue weighted by atomic mass is 9.93. The first-order valence-electron chi connectivity index (χ1n) is 6.02. The summed E-state index contributed by atoms with van der Waals surface area (Å²) in [5, 5.41) is 19.4. The Labute approximate surface area is 108 Å². The zero-order valence-electron chi connectivity index (χ0n) is 10.4. The summed E-state index contributed by atoms with van der Waals surface area (Å²) in [4.78, 5) is 0. The second kappa shape index (κ2) is 5.58. The van der Waals surface area contributed by atoms with Crippen LogP contribution in [0.2, 0.25) is 0 Å². The summed E-state index contributed by atoms with van der Waals surface area (Å²) < 4.78 is 0. The molecule has 2 aromatic carbocycles. The Morgan fingerprint density at radius 1 is 0.778 bits per heavy atom. The van der Waals surface area contributed by atoms with Crippen molar-refractivity contribution in [3.05, 3.63) is 65.6 Å². The molecule has 0 aromatic heterocycles. The van der Waals surface area contributed by atoms with Gasteiger partial charge in [-0.2, -0.15) is 0 Å². The average molecular weight is 241 g/mol. The van der Waals surface area contributed by atoms with Gasteiger partial charge in [-0.1, -0.05) is 43.3 Å². The van der Waals surface area contributed by atoms with Gasteiger partial charge in [-0.05, 0) is 42.0 Å². The van der Waals surface area contributed by atoms with Gasteiger partial charge in [0, 0.05) is 0 Å². The number of hydrogen-bond donors (Lipinski definition) is 2. The predicted molar refractivity (Wildman–Crippen MR) is 72.5 cm³/mol. The van der Waals surface area contributed by atoms with Gasteiger partial charge in [-0.3, -0.25) is 0 Å². The van der Waals surface area contributed by atoms with Crippen LogP contribution < -0.4 is 0 Å².